The van der Waals surface area contributed by atoms with Crippen molar-refractivity contribution in [2.75, 3.05) is 19.4 Å². The first-order valence-electron chi connectivity index (χ1n) is 6.08. The van der Waals surface area contributed by atoms with E-state index in [1.54, 1.807) is 12.1 Å². The summed E-state index contributed by atoms with van der Waals surface area (Å²) < 4.78 is 25.0. The van der Waals surface area contributed by atoms with Gasteiger partial charge in [0.2, 0.25) is 15.8 Å². The number of hydrogen-bond donors (Lipinski definition) is 2. The molecular weight excluding hydrogens is 306 g/mol. The zero-order valence-corrected chi connectivity index (χ0v) is 12.7. The topological polar surface area (TPSA) is 128 Å². The Morgan fingerprint density at radius 2 is 2.05 bits per heavy atom. The van der Waals surface area contributed by atoms with Crippen LogP contribution in [0.3, 0.4) is 0 Å². The van der Waals surface area contributed by atoms with Gasteiger partial charge in [0.05, 0.1) is 4.90 Å². The van der Waals surface area contributed by atoms with Gasteiger partial charge >= 0.3 is 0 Å². The number of nitrogens with one attached hydrogen (secondary N) is 2. The van der Waals surface area contributed by atoms with E-state index in [9.17, 15) is 8.42 Å². The van der Waals surface area contributed by atoms with Crippen molar-refractivity contribution >= 4 is 21.3 Å². The fourth-order valence-corrected chi connectivity index (χ4v) is 2.41. The Labute approximate surface area is 127 Å². The SMILES string of the molecule is CN(C)S(=O)(=O)c1ccc(NC=C(C#N)c2nn[nH]n2)cc1. The summed E-state index contributed by atoms with van der Waals surface area (Å²) >= 11 is 0. The highest BCUT2D eigenvalue weighted by molar-refractivity contribution is 7.89. The van der Waals surface area contributed by atoms with Crippen LogP contribution in [-0.2, 0) is 10.0 Å². The standard InChI is InChI=1S/C12H13N7O2S/c1-19(2)22(20,21)11-5-3-10(4-6-11)14-8-9(7-13)12-15-17-18-16-12/h3-6,8,14H,1-2H3,(H,15,16,17,18). The monoisotopic (exact) mass is 319 g/mol. The molecule has 0 aliphatic rings. The van der Waals surface area contributed by atoms with Crippen molar-refractivity contribution in [3.05, 3.63) is 36.3 Å². The molecule has 0 bridgehead atoms. The van der Waals surface area contributed by atoms with E-state index in [1.807, 2.05) is 6.07 Å². The van der Waals surface area contributed by atoms with Crippen molar-refractivity contribution in [1.29, 1.82) is 5.26 Å². The second-order valence-corrected chi connectivity index (χ2v) is 6.51. The zero-order chi connectivity index (χ0) is 16.2. The minimum Gasteiger partial charge on any atom is -0.360 e. The number of aromatic amines is 1. The molecule has 0 aliphatic heterocycles. The van der Waals surface area contributed by atoms with E-state index in [2.05, 4.69) is 25.9 Å². The minimum absolute atomic E-state index is 0.168. The lowest BCUT2D eigenvalue weighted by Crippen LogP contribution is -2.22. The summed E-state index contributed by atoms with van der Waals surface area (Å²) in [6, 6.07) is 8.08. The molecule has 0 radical (unpaired) electrons. The van der Waals surface area contributed by atoms with Gasteiger partial charge in [-0.3, -0.25) is 0 Å². The summed E-state index contributed by atoms with van der Waals surface area (Å²) in [6.07, 6.45) is 1.42. The predicted molar refractivity (Wildman–Crippen MR) is 78.7 cm³/mol. The fraction of sp³-hybridized carbons (Fsp3) is 0.167. The summed E-state index contributed by atoms with van der Waals surface area (Å²) in [6.45, 7) is 0. The molecule has 2 rings (SSSR count). The average Bonchev–Trinajstić information content (AvgIpc) is 3.02. The number of H-pyrrole nitrogens is 1. The number of sulfonamides is 1. The third-order valence-corrected chi connectivity index (χ3v) is 4.55. The number of hydrogen-bond acceptors (Lipinski definition) is 7. The van der Waals surface area contributed by atoms with E-state index in [0.29, 0.717) is 5.69 Å². The Morgan fingerprint density at radius 3 is 2.55 bits per heavy atom. The highest BCUT2D eigenvalue weighted by Crippen LogP contribution is 2.17. The third kappa shape index (κ3) is 3.27. The number of benzene rings is 1. The second-order valence-electron chi connectivity index (χ2n) is 4.36. The lowest BCUT2D eigenvalue weighted by Gasteiger charge is -2.11. The lowest BCUT2D eigenvalue weighted by atomic mass is 10.3. The van der Waals surface area contributed by atoms with Crippen molar-refractivity contribution in [3.63, 3.8) is 0 Å². The largest absolute Gasteiger partial charge is 0.360 e. The van der Waals surface area contributed by atoms with Crippen LogP contribution in [0.2, 0.25) is 0 Å². The molecule has 2 aromatic rings. The number of tetrazole rings is 1. The smallest absolute Gasteiger partial charge is 0.242 e. The van der Waals surface area contributed by atoms with Crippen LogP contribution in [0.1, 0.15) is 5.82 Å². The Morgan fingerprint density at radius 1 is 1.36 bits per heavy atom. The number of rotatable bonds is 5. The molecule has 0 atom stereocenters. The van der Waals surface area contributed by atoms with Crippen LogP contribution in [0.15, 0.2) is 35.4 Å². The van der Waals surface area contributed by atoms with E-state index in [0.717, 1.165) is 4.31 Å². The molecule has 0 unspecified atom stereocenters. The molecule has 9 nitrogen and oxygen atoms in total. The van der Waals surface area contributed by atoms with Gasteiger partial charge in [0.15, 0.2) is 0 Å². The summed E-state index contributed by atoms with van der Waals surface area (Å²) in [5, 5.41) is 24.9. The maximum Gasteiger partial charge on any atom is 0.242 e. The molecule has 0 amide bonds. The summed E-state index contributed by atoms with van der Waals surface area (Å²) in [5.41, 5.74) is 0.813. The van der Waals surface area contributed by atoms with E-state index in [1.165, 1.54) is 32.4 Å². The van der Waals surface area contributed by atoms with Gasteiger partial charge in [-0.15, -0.1) is 10.2 Å². The minimum atomic E-state index is -3.46. The van der Waals surface area contributed by atoms with Gasteiger partial charge in [0.1, 0.15) is 11.6 Å². The Bertz CT molecular complexity index is 802. The van der Waals surface area contributed by atoms with Crippen LogP contribution in [0, 0.1) is 11.3 Å². The highest BCUT2D eigenvalue weighted by Gasteiger charge is 2.16. The Kier molecular flexibility index (Phi) is 4.50. The molecule has 2 N–H and O–H groups in total. The molecule has 0 spiro atoms. The number of allylic oxidation sites excluding steroid dienone is 1. The fourth-order valence-electron chi connectivity index (χ4n) is 1.51. The van der Waals surface area contributed by atoms with E-state index in [4.69, 9.17) is 5.26 Å². The van der Waals surface area contributed by atoms with E-state index < -0.39 is 10.0 Å². The molecule has 22 heavy (non-hydrogen) atoms. The summed E-state index contributed by atoms with van der Waals surface area (Å²) in [4.78, 5) is 0.186. The Balaban J connectivity index is 2.17. The molecular formula is C12H13N7O2S. The molecule has 0 aliphatic carbocycles. The van der Waals surface area contributed by atoms with Crippen LogP contribution >= 0.6 is 0 Å². The normalized spacial score (nSPS) is 12.2. The number of nitriles is 1. The number of anilines is 1. The van der Waals surface area contributed by atoms with Gasteiger partial charge in [-0.05, 0) is 29.5 Å². The van der Waals surface area contributed by atoms with Gasteiger partial charge in [-0.2, -0.15) is 10.5 Å². The van der Waals surface area contributed by atoms with Gasteiger partial charge in [-0.1, -0.05) is 0 Å². The van der Waals surface area contributed by atoms with Gasteiger partial charge in [-0.25, -0.2) is 12.7 Å². The molecule has 0 saturated carbocycles. The van der Waals surface area contributed by atoms with Crippen LogP contribution in [0.4, 0.5) is 5.69 Å². The molecule has 0 saturated heterocycles. The van der Waals surface area contributed by atoms with Crippen LogP contribution in [0.25, 0.3) is 5.57 Å². The predicted octanol–water partition coefficient (Wildman–Crippen LogP) is 0.427. The van der Waals surface area contributed by atoms with E-state index >= 15 is 0 Å². The first kappa shape index (κ1) is 15.6. The maximum atomic E-state index is 11.9. The maximum absolute atomic E-state index is 11.9. The number of aromatic nitrogens is 4. The third-order valence-electron chi connectivity index (χ3n) is 2.72. The lowest BCUT2D eigenvalue weighted by molar-refractivity contribution is 0.521. The van der Waals surface area contributed by atoms with Gasteiger partial charge < -0.3 is 5.32 Å². The highest BCUT2D eigenvalue weighted by atomic mass is 32.2. The second kappa shape index (κ2) is 6.33. The number of nitrogens with zero attached hydrogens (tertiary/aromatic N) is 5. The zero-order valence-electron chi connectivity index (χ0n) is 11.8. The summed E-state index contributed by atoms with van der Waals surface area (Å²) in [7, 11) is -0.526. The molecule has 10 heteroatoms. The van der Waals surface area contributed by atoms with Crippen LogP contribution in [0.5, 0.6) is 0 Å². The molecule has 114 valence electrons. The molecule has 1 aromatic heterocycles. The summed E-state index contributed by atoms with van der Waals surface area (Å²) in [5.74, 6) is 0.168. The van der Waals surface area contributed by atoms with Crippen molar-refractivity contribution in [2.24, 2.45) is 0 Å². The quantitative estimate of drug-likeness (QED) is 0.765. The first-order valence-corrected chi connectivity index (χ1v) is 7.52. The first-order chi connectivity index (χ1) is 10.4. The van der Waals surface area contributed by atoms with Crippen molar-refractivity contribution in [1.82, 2.24) is 24.9 Å². The van der Waals surface area contributed by atoms with Crippen LogP contribution < -0.4 is 5.32 Å². The molecule has 1 aromatic carbocycles. The molecule has 1 heterocycles. The van der Waals surface area contributed by atoms with E-state index in [-0.39, 0.29) is 16.3 Å². The van der Waals surface area contributed by atoms with Crippen LogP contribution in [-0.4, -0.2) is 47.4 Å². The van der Waals surface area contributed by atoms with Crippen molar-refractivity contribution < 1.29 is 8.42 Å². The van der Waals surface area contributed by atoms with Gasteiger partial charge in [0.25, 0.3) is 0 Å². The van der Waals surface area contributed by atoms with Crippen molar-refractivity contribution in [3.8, 4) is 6.07 Å². The average molecular weight is 319 g/mol. The van der Waals surface area contributed by atoms with Gasteiger partial charge in [0, 0.05) is 26.0 Å². The van der Waals surface area contributed by atoms with Crippen molar-refractivity contribution in [2.45, 2.75) is 4.90 Å². The molecule has 0 fully saturated rings. The Hall–Kier alpha value is -2.77.